The van der Waals surface area contributed by atoms with Gasteiger partial charge in [-0.15, -0.1) is 0 Å². The second kappa shape index (κ2) is 6.91. The summed E-state index contributed by atoms with van der Waals surface area (Å²) in [6, 6.07) is 8.78. The molecule has 0 aliphatic carbocycles. The SMILES string of the molecule is Cc1ccc(Oc2ncnc(Nc3ccncc3)c2[N+](=O)[O-])cc1C. The van der Waals surface area contributed by atoms with E-state index in [0.29, 0.717) is 11.4 Å². The Morgan fingerprint density at radius 2 is 1.84 bits per heavy atom. The van der Waals surface area contributed by atoms with Crippen molar-refractivity contribution in [3.63, 3.8) is 0 Å². The highest BCUT2D eigenvalue weighted by molar-refractivity contribution is 5.68. The van der Waals surface area contributed by atoms with Gasteiger partial charge in [-0.05, 0) is 49.2 Å². The molecule has 8 heteroatoms. The quantitative estimate of drug-likeness (QED) is 0.555. The molecule has 0 unspecified atom stereocenters. The number of nitrogens with one attached hydrogen (secondary N) is 1. The lowest BCUT2D eigenvalue weighted by atomic mass is 10.1. The zero-order valence-electron chi connectivity index (χ0n) is 13.6. The van der Waals surface area contributed by atoms with Gasteiger partial charge in [-0.3, -0.25) is 15.1 Å². The molecular formula is C17H15N5O3. The van der Waals surface area contributed by atoms with Crippen LogP contribution in [-0.2, 0) is 0 Å². The van der Waals surface area contributed by atoms with E-state index in [4.69, 9.17) is 4.74 Å². The number of rotatable bonds is 5. The number of pyridine rings is 1. The van der Waals surface area contributed by atoms with Crippen LogP contribution in [0.25, 0.3) is 0 Å². The maximum absolute atomic E-state index is 11.5. The second-order valence-electron chi connectivity index (χ2n) is 5.34. The summed E-state index contributed by atoms with van der Waals surface area (Å²) in [7, 11) is 0. The van der Waals surface area contributed by atoms with Crippen molar-refractivity contribution in [1.29, 1.82) is 0 Å². The van der Waals surface area contributed by atoms with Gasteiger partial charge in [0.05, 0.1) is 4.92 Å². The van der Waals surface area contributed by atoms with Gasteiger partial charge in [-0.2, -0.15) is 4.98 Å². The number of nitrogens with zero attached hydrogens (tertiary/aromatic N) is 4. The van der Waals surface area contributed by atoms with Crippen LogP contribution < -0.4 is 10.1 Å². The van der Waals surface area contributed by atoms with Gasteiger partial charge in [0.1, 0.15) is 12.1 Å². The van der Waals surface area contributed by atoms with Crippen molar-refractivity contribution in [2.24, 2.45) is 0 Å². The molecule has 0 bridgehead atoms. The number of ether oxygens (including phenoxy) is 1. The lowest BCUT2D eigenvalue weighted by Gasteiger charge is -2.10. The third kappa shape index (κ3) is 3.69. The molecule has 0 aliphatic rings. The van der Waals surface area contributed by atoms with Crippen molar-refractivity contribution in [3.05, 3.63) is 70.3 Å². The van der Waals surface area contributed by atoms with E-state index in [9.17, 15) is 10.1 Å². The minimum absolute atomic E-state index is 0.0463. The molecule has 0 amide bonds. The summed E-state index contributed by atoms with van der Waals surface area (Å²) in [6.45, 7) is 3.91. The van der Waals surface area contributed by atoms with E-state index in [1.54, 1.807) is 36.7 Å². The van der Waals surface area contributed by atoms with E-state index in [0.717, 1.165) is 11.1 Å². The van der Waals surface area contributed by atoms with Crippen LogP contribution in [0.1, 0.15) is 11.1 Å². The highest BCUT2D eigenvalue weighted by Crippen LogP contribution is 2.35. The molecular weight excluding hydrogens is 322 g/mol. The first-order valence-electron chi connectivity index (χ1n) is 7.46. The largest absolute Gasteiger partial charge is 0.434 e. The van der Waals surface area contributed by atoms with Crippen molar-refractivity contribution in [3.8, 4) is 11.6 Å². The molecule has 1 N–H and O–H groups in total. The van der Waals surface area contributed by atoms with Crippen molar-refractivity contribution in [2.75, 3.05) is 5.32 Å². The van der Waals surface area contributed by atoms with E-state index in [1.807, 2.05) is 19.9 Å². The minimum Gasteiger partial charge on any atom is -0.434 e. The topological polar surface area (TPSA) is 103 Å². The lowest BCUT2D eigenvalue weighted by molar-refractivity contribution is -0.385. The van der Waals surface area contributed by atoms with E-state index in [2.05, 4.69) is 20.3 Å². The molecule has 1 aromatic carbocycles. The first-order valence-corrected chi connectivity index (χ1v) is 7.46. The van der Waals surface area contributed by atoms with Crippen molar-refractivity contribution >= 4 is 17.2 Å². The summed E-state index contributed by atoms with van der Waals surface area (Å²) < 4.78 is 5.64. The fourth-order valence-corrected chi connectivity index (χ4v) is 2.15. The number of hydrogen-bond acceptors (Lipinski definition) is 7. The maximum Gasteiger partial charge on any atom is 0.373 e. The Labute approximate surface area is 143 Å². The molecule has 2 heterocycles. The molecule has 2 aromatic heterocycles. The van der Waals surface area contributed by atoms with Crippen LogP contribution in [0.15, 0.2) is 49.1 Å². The molecule has 0 saturated carbocycles. The van der Waals surface area contributed by atoms with Crippen LogP contribution in [-0.4, -0.2) is 19.9 Å². The average molecular weight is 337 g/mol. The molecule has 126 valence electrons. The van der Waals surface area contributed by atoms with Crippen LogP contribution >= 0.6 is 0 Å². The van der Waals surface area contributed by atoms with Crippen LogP contribution in [0.3, 0.4) is 0 Å². The summed E-state index contributed by atoms with van der Waals surface area (Å²) in [4.78, 5) is 22.8. The number of anilines is 2. The molecule has 0 radical (unpaired) electrons. The fourth-order valence-electron chi connectivity index (χ4n) is 2.15. The standard InChI is InChI=1S/C17H15N5O3/c1-11-3-4-14(9-12(11)2)25-17-15(22(23)24)16(19-10-20-17)21-13-5-7-18-8-6-13/h3-10H,1-2H3,(H,18,19,20,21). The maximum atomic E-state index is 11.5. The number of nitro groups is 1. The van der Waals surface area contributed by atoms with E-state index < -0.39 is 4.92 Å². The molecule has 3 aromatic rings. The number of hydrogen-bond donors (Lipinski definition) is 1. The van der Waals surface area contributed by atoms with Gasteiger partial charge < -0.3 is 10.1 Å². The Morgan fingerprint density at radius 1 is 1.08 bits per heavy atom. The van der Waals surface area contributed by atoms with Gasteiger partial charge in [0.2, 0.25) is 5.82 Å². The zero-order valence-corrected chi connectivity index (χ0v) is 13.6. The fraction of sp³-hybridized carbons (Fsp3) is 0.118. The lowest BCUT2D eigenvalue weighted by Crippen LogP contribution is -2.03. The molecule has 0 aliphatic heterocycles. The molecule has 0 fully saturated rings. The Morgan fingerprint density at radius 3 is 2.52 bits per heavy atom. The first kappa shape index (κ1) is 16.3. The summed E-state index contributed by atoms with van der Waals surface area (Å²) >= 11 is 0. The van der Waals surface area contributed by atoms with Crippen molar-refractivity contribution in [1.82, 2.24) is 15.0 Å². The van der Waals surface area contributed by atoms with Gasteiger partial charge in [0.25, 0.3) is 0 Å². The van der Waals surface area contributed by atoms with Gasteiger partial charge in [-0.1, -0.05) is 6.07 Å². The monoisotopic (exact) mass is 337 g/mol. The van der Waals surface area contributed by atoms with E-state index in [1.165, 1.54) is 6.33 Å². The minimum atomic E-state index is -0.570. The van der Waals surface area contributed by atoms with Gasteiger partial charge in [0.15, 0.2) is 0 Å². The summed E-state index contributed by atoms with van der Waals surface area (Å²) in [6.07, 6.45) is 4.36. The van der Waals surface area contributed by atoms with Gasteiger partial charge in [-0.25, -0.2) is 4.98 Å². The normalized spacial score (nSPS) is 10.3. The Balaban J connectivity index is 1.97. The van der Waals surface area contributed by atoms with E-state index >= 15 is 0 Å². The second-order valence-corrected chi connectivity index (χ2v) is 5.34. The highest BCUT2D eigenvalue weighted by atomic mass is 16.6. The predicted octanol–water partition coefficient (Wildman–Crippen LogP) is 3.93. The average Bonchev–Trinajstić information content (AvgIpc) is 2.59. The molecule has 0 atom stereocenters. The Bertz CT molecular complexity index is 915. The van der Waals surface area contributed by atoms with Crippen molar-refractivity contribution < 1.29 is 9.66 Å². The number of aromatic nitrogens is 3. The van der Waals surface area contributed by atoms with Crippen LogP contribution in [0.2, 0.25) is 0 Å². The molecule has 8 nitrogen and oxygen atoms in total. The highest BCUT2D eigenvalue weighted by Gasteiger charge is 2.25. The van der Waals surface area contributed by atoms with Gasteiger partial charge in [0, 0.05) is 18.1 Å². The van der Waals surface area contributed by atoms with Gasteiger partial charge >= 0.3 is 11.6 Å². The summed E-state index contributed by atoms with van der Waals surface area (Å²) in [5, 5.41) is 14.4. The van der Waals surface area contributed by atoms with Crippen molar-refractivity contribution in [2.45, 2.75) is 13.8 Å². The molecule has 0 saturated heterocycles. The number of aryl methyl sites for hydroxylation is 2. The zero-order chi connectivity index (χ0) is 17.8. The third-order valence-corrected chi connectivity index (χ3v) is 3.61. The Hall–Kier alpha value is -3.55. The van der Waals surface area contributed by atoms with E-state index in [-0.39, 0.29) is 17.4 Å². The third-order valence-electron chi connectivity index (χ3n) is 3.61. The van der Waals surface area contributed by atoms with Crippen LogP contribution in [0.4, 0.5) is 17.2 Å². The summed E-state index contributed by atoms with van der Waals surface area (Å²) in [5.74, 6) is 0.393. The smallest absolute Gasteiger partial charge is 0.373 e. The van der Waals surface area contributed by atoms with Crippen LogP contribution in [0.5, 0.6) is 11.6 Å². The van der Waals surface area contributed by atoms with Crippen LogP contribution in [0, 0.1) is 24.0 Å². The summed E-state index contributed by atoms with van der Waals surface area (Å²) in [5.41, 5.74) is 2.40. The number of benzene rings is 1. The molecule has 3 rings (SSSR count). The molecule has 25 heavy (non-hydrogen) atoms. The predicted molar refractivity (Wildman–Crippen MR) is 92.2 cm³/mol. The first-order chi connectivity index (χ1) is 12.0. The Kier molecular flexibility index (Phi) is 4.51. The molecule has 0 spiro atoms.